The minimum absolute atomic E-state index is 0.370. The van der Waals surface area contributed by atoms with Crippen LogP contribution in [0.15, 0.2) is 17.6 Å². The maximum atomic E-state index is 12.5. The Morgan fingerprint density at radius 1 is 1.44 bits per heavy atom. The molecule has 1 unspecified atom stereocenters. The van der Waals surface area contributed by atoms with Gasteiger partial charge in [0.25, 0.3) is 0 Å². The number of alkyl halides is 3. The van der Waals surface area contributed by atoms with Crippen LogP contribution in [0, 0.1) is 0 Å². The quantitative estimate of drug-likeness (QED) is 0.674. The second-order valence-corrected chi connectivity index (χ2v) is 5.72. The number of hydrogen-bond acceptors (Lipinski definition) is 5. The molecule has 1 atom stereocenters. The van der Waals surface area contributed by atoms with Crippen molar-refractivity contribution in [1.82, 2.24) is 10.4 Å². The number of hydrogen-bond donors (Lipinski definition) is 2. The van der Waals surface area contributed by atoms with Crippen LogP contribution in [0.5, 0.6) is 0 Å². The molecular weight excluding hydrogens is 307 g/mol. The lowest BCUT2D eigenvalue weighted by molar-refractivity contribution is -0.137. The summed E-state index contributed by atoms with van der Waals surface area (Å²) < 4.78 is 37.4. The average Bonchev–Trinajstić information content (AvgIpc) is 2.89. The minimum atomic E-state index is -4.44. The molecule has 2 aromatic rings. The van der Waals surface area contributed by atoms with Gasteiger partial charge in [0, 0.05) is 16.0 Å². The van der Waals surface area contributed by atoms with Gasteiger partial charge in [0.1, 0.15) is 0 Å². The molecule has 0 fully saturated rings. The molecule has 3 N–H and O–H groups in total. The number of aromatic nitrogens is 1. The number of nitrogens with zero attached hydrogens (tertiary/aromatic N) is 1. The Hall–Kier alpha value is -0.670. The summed E-state index contributed by atoms with van der Waals surface area (Å²) in [6.07, 6.45) is -3.28. The van der Waals surface area contributed by atoms with Gasteiger partial charge < -0.3 is 0 Å². The summed E-state index contributed by atoms with van der Waals surface area (Å²) in [5, 5.41) is 1.31. The zero-order valence-electron chi connectivity index (χ0n) is 8.66. The molecule has 9 heteroatoms. The van der Waals surface area contributed by atoms with E-state index in [1.165, 1.54) is 11.3 Å². The van der Waals surface area contributed by atoms with E-state index in [2.05, 4.69) is 10.4 Å². The lowest BCUT2D eigenvalue weighted by Gasteiger charge is -2.12. The van der Waals surface area contributed by atoms with Gasteiger partial charge in [-0.15, -0.1) is 22.7 Å². The second kappa shape index (κ2) is 5.14. The molecule has 0 aliphatic heterocycles. The van der Waals surface area contributed by atoms with Gasteiger partial charge in [0.05, 0.1) is 11.1 Å². The number of nitrogens with two attached hydrogens (primary N) is 1. The Morgan fingerprint density at radius 3 is 2.61 bits per heavy atom. The summed E-state index contributed by atoms with van der Waals surface area (Å²) >= 11 is 7.80. The lowest BCUT2D eigenvalue weighted by Crippen LogP contribution is -2.27. The van der Waals surface area contributed by atoms with Crippen molar-refractivity contribution in [1.29, 1.82) is 0 Å². The lowest BCUT2D eigenvalue weighted by atomic mass is 10.2. The maximum absolute atomic E-state index is 12.5. The number of hydrazine groups is 1. The number of nitrogens with one attached hydrogen (secondary N) is 1. The average molecular weight is 314 g/mol. The molecule has 98 valence electrons. The SMILES string of the molecule is NNC(c1cnc(C(F)(F)F)s1)c1sccc1Cl. The van der Waals surface area contributed by atoms with Crippen LogP contribution in [0.4, 0.5) is 13.2 Å². The van der Waals surface area contributed by atoms with Crippen LogP contribution < -0.4 is 11.3 Å². The van der Waals surface area contributed by atoms with Gasteiger partial charge in [-0.3, -0.25) is 5.84 Å². The van der Waals surface area contributed by atoms with Crippen molar-refractivity contribution in [3.8, 4) is 0 Å². The number of rotatable bonds is 3. The van der Waals surface area contributed by atoms with Crippen molar-refractivity contribution in [2.24, 2.45) is 5.84 Å². The molecule has 0 aliphatic rings. The van der Waals surface area contributed by atoms with Crippen LogP contribution in [0.25, 0.3) is 0 Å². The highest BCUT2D eigenvalue weighted by Gasteiger charge is 2.35. The van der Waals surface area contributed by atoms with Gasteiger partial charge in [-0.25, -0.2) is 10.4 Å². The molecule has 0 aromatic carbocycles. The second-order valence-electron chi connectivity index (χ2n) is 3.30. The van der Waals surface area contributed by atoms with Gasteiger partial charge in [0.2, 0.25) is 0 Å². The fourth-order valence-corrected chi connectivity index (χ4v) is 3.52. The smallest absolute Gasteiger partial charge is 0.271 e. The van der Waals surface area contributed by atoms with Gasteiger partial charge in [-0.1, -0.05) is 11.6 Å². The topological polar surface area (TPSA) is 50.9 Å². The van der Waals surface area contributed by atoms with Gasteiger partial charge in [-0.05, 0) is 11.4 Å². The van der Waals surface area contributed by atoms with Crippen molar-refractivity contribution in [3.05, 3.63) is 37.4 Å². The van der Waals surface area contributed by atoms with E-state index in [1.54, 1.807) is 11.4 Å². The third kappa shape index (κ3) is 2.67. The highest BCUT2D eigenvalue weighted by atomic mass is 35.5. The third-order valence-electron chi connectivity index (χ3n) is 2.12. The summed E-state index contributed by atoms with van der Waals surface area (Å²) in [5.41, 5.74) is 2.46. The molecule has 2 aromatic heterocycles. The summed E-state index contributed by atoms with van der Waals surface area (Å²) in [6, 6.07) is 1.09. The zero-order chi connectivity index (χ0) is 13.3. The van der Waals surface area contributed by atoms with Crippen LogP contribution in [-0.2, 0) is 6.18 Å². The van der Waals surface area contributed by atoms with Crippen LogP contribution in [0.1, 0.15) is 20.8 Å². The largest absolute Gasteiger partial charge is 0.443 e. The monoisotopic (exact) mass is 313 g/mol. The molecule has 0 bridgehead atoms. The molecule has 3 nitrogen and oxygen atoms in total. The van der Waals surface area contributed by atoms with Crippen LogP contribution >= 0.6 is 34.3 Å². The Balaban J connectivity index is 2.35. The fourth-order valence-electron chi connectivity index (χ4n) is 1.35. The van der Waals surface area contributed by atoms with Crippen molar-refractivity contribution in [2.75, 3.05) is 0 Å². The minimum Gasteiger partial charge on any atom is -0.271 e. The predicted octanol–water partition coefficient (Wildman–Crippen LogP) is 3.43. The molecule has 18 heavy (non-hydrogen) atoms. The van der Waals surface area contributed by atoms with E-state index in [-0.39, 0.29) is 0 Å². The first-order chi connectivity index (χ1) is 8.43. The number of thiophene rings is 1. The molecule has 2 rings (SSSR count). The van der Waals surface area contributed by atoms with Gasteiger partial charge >= 0.3 is 6.18 Å². The first-order valence-electron chi connectivity index (χ1n) is 4.65. The van der Waals surface area contributed by atoms with E-state index in [4.69, 9.17) is 17.4 Å². The highest BCUT2D eigenvalue weighted by molar-refractivity contribution is 7.13. The first kappa shape index (κ1) is 13.8. The normalized spacial score (nSPS) is 13.8. The molecule has 0 saturated carbocycles. The van der Waals surface area contributed by atoms with Gasteiger partial charge in [0.15, 0.2) is 5.01 Å². The Labute approximate surface area is 113 Å². The van der Waals surface area contributed by atoms with Crippen LogP contribution in [0.3, 0.4) is 0 Å². The molecule has 0 spiro atoms. The Morgan fingerprint density at radius 2 is 2.17 bits per heavy atom. The fraction of sp³-hybridized carbons (Fsp3) is 0.222. The van der Waals surface area contributed by atoms with E-state index in [9.17, 15) is 13.2 Å². The number of thiazole rings is 1. The van der Waals surface area contributed by atoms with E-state index < -0.39 is 17.2 Å². The van der Waals surface area contributed by atoms with Gasteiger partial charge in [-0.2, -0.15) is 13.2 Å². The Bertz CT molecular complexity index is 537. The molecule has 2 heterocycles. The predicted molar refractivity (Wildman–Crippen MR) is 65.6 cm³/mol. The van der Waals surface area contributed by atoms with E-state index in [0.29, 0.717) is 26.1 Å². The summed E-state index contributed by atoms with van der Waals surface area (Å²) in [4.78, 5) is 4.39. The Kier molecular flexibility index (Phi) is 3.93. The van der Waals surface area contributed by atoms with E-state index in [1.807, 2.05) is 0 Å². The molecular formula is C9H7ClF3N3S2. The zero-order valence-corrected chi connectivity index (χ0v) is 11.1. The maximum Gasteiger partial charge on any atom is 0.443 e. The van der Waals surface area contributed by atoms with Crippen molar-refractivity contribution < 1.29 is 13.2 Å². The number of halogens is 4. The van der Waals surface area contributed by atoms with Crippen molar-refractivity contribution in [2.45, 2.75) is 12.2 Å². The molecule has 0 radical (unpaired) electrons. The highest BCUT2D eigenvalue weighted by Crippen LogP contribution is 2.38. The van der Waals surface area contributed by atoms with Crippen molar-refractivity contribution >= 4 is 34.3 Å². The summed E-state index contributed by atoms with van der Waals surface area (Å²) in [7, 11) is 0. The van der Waals surface area contributed by atoms with E-state index in [0.717, 1.165) is 6.20 Å². The van der Waals surface area contributed by atoms with Crippen LogP contribution in [0.2, 0.25) is 5.02 Å². The standard InChI is InChI=1S/C9H7ClF3N3S2/c10-4-1-2-17-7(4)6(16-14)5-3-15-8(18-5)9(11,12)13/h1-3,6,16H,14H2. The molecule has 0 amide bonds. The van der Waals surface area contributed by atoms with Crippen LogP contribution in [-0.4, -0.2) is 4.98 Å². The summed E-state index contributed by atoms with van der Waals surface area (Å²) in [5.74, 6) is 5.38. The third-order valence-corrected chi connectivity index (χ3v) is 4.65. The van der Waals surface area contributed by atoms with E-state index >= 15 is 0 Å². The van der Waals surface area contributed by atoms with Crippen molar-refractivity contribution in [3.63, 3.8) is 0 Å². The molecule has 0 saturated heterocycles. The molecule has 0 aliphatic carbocycles. The summed E-state index contributed by atoms with van der Waals surface area (Å²) in [6.45, 7) is 0. The first-order valence-corrected chi connectivity index (χ1v) is 6.73.